The lowest BCUT2D eigenvalue weighted by atomic mass is 9.67. The number of fused-ring (bicyclic) bond motifs is 1. The van der Waals surface area contributed by atoms with Crippen LogP contribution in [0.4, 0.5) is 0 Å². The zero-order valence-corrected chi connectivity index (χ0v) is 16.9. The van der Waals surface area contributed by atoms with Gasteiger partial charge in [0.1, 0.15) is 0 Å². The first-order valence-electron chi connectivity index (χ1n) is 8.94. The van der Waals surface area contributed by atoms with E-state index in [1.807, 2.05) is 6.92 Å². The fourth-order valence-corrected chi connectivity index (χ4v) is 4.90. The smallest absolute Gasteiger partial charge is 0.240 e. The highest BCUT2D eigenvalue weighted by atomic mass is 35.5. The summed E-state index contributed by atoms with van der Waals surface area (Å²) in [6.45, 7) is 3.63. The van der Waals surface area contributed by atoms with Crippen molar-refractivity contribution >= 4 is 28.3 Å². The van der Waals surface area contributed by atoms with Gasteiger partial charge in [-0.25, -0.2) is 13.1 Å². The molecule has 0 aromatic heterocycles. The number of carbonyl (C=O) groups excluding carboxylic acids is 1. The van der Waals surface area contributed by atoms with Crippen LogP contribution in [0.25, 0.3) is 0 Å². The number of sulfonamides is 1. The van der Waals surface area contributed by atoms with Crippen LogP contribution >= 0.6 is 12.4 Å². The molecule has 1 aliphatic carbocycles. The third kappa shape index (κ3) is 3.91. The Morgan fingerprint density at radius 3 is 2.62 bits per heavy atom. The molecule has 26 heavy (non-hydrogen) atoms. The van der Waals surface area contributed by atoms with E-state index in [1.54, 1.807) is 24.3 Å². The summed E-state index contributed by atoms with van der Waals surface area (Å²) < 4.78 is 25.9. The summed E-state index contributed by atoms with van der Waals surface area (Å²) in [5.74, 6) is 0.554. The highest BCUT2D eigenvalue weighted by Crippen LogP contribution is 2.44. The quantitative estimate of drug-likeness (QED) is 0.704. The van der Waals surface area contributed by atoms with Gasteiger partial charge >= 0.3 is 0 Å². The predicted octanol–water partition coefficient (Wildman–Crippen LogP) is 1.97. The second-order valence-electron chi connectivity index (χ2n) is 7.20. The maximum atomic E-state index is 13.0. The lowest BCUT2D eigenvalue weighted by molar-refractivity contribution is -0.134. The average molecular weight is 402 g/mol. The van der Waals surface area contributed by atoms with E-state index in [1.165, 1.54) is 13.5 Å². The molecule has 1 saturated heterocycles. The fourth-order valence-electron chi connectivity index (χ4n) is 4.17. The Balaban J connectivity index is 0.00000243. The van der Waals surface area contributed by atoms with Gasteiger partial charge in [-0.3, -0.25) is 4.79 Å². The Bertz CT molecular complexity index is 739. The van der Waals surface area contributed by atoms with Gasteiger partial charge in [0.2, 0.25) is 15.9 Å². The van der Waals surface area contributed by atoms with Crippen LogP contribution in [0.1, 0.15) is 44.2 Å². The van der Waals surface area contributed by atoms with Gasteiger partial charge in [-0.2, -0.15) is 0 Å². The Kier molecular flexibility index (Phi) is 6.71. The molecule has 3 atom stereocenters. The second-order valence-corrected chi connectivity index (χ2v) is 9.09. The molecule has 1 aliphatic heterocycles. The van der Waals surface area contributed by atoms with Crippen molar-refractivity contribution in [2.24, 2.45) is 11.3 Å². The number of hydrogen-bond acceptors (Lipinski definition) is 4. The van der Waals surface area contributed by atoms with Crippen LogP contribution in [0.3, 0.4) is 0 Å². The normalized spacial score (nSPS) is 26.5. The molecular weight excluding hydrogens is 374 g/mol. The molecule has 1 aromatic carbocycles. The minimum absolute atomic E-state index is 0. The highest BCUT2D eigenvalue weighted by Gasteiger charge is 2.49. The maximum Gasteiger partial charge on any atom is 0.240 e. The van der Waals surface area contributed by atoms with Crippen LogP contribution in [0.2, 0.25) is 0 Å². The van der Waals surface area contributed by atoms with Crippen molar-refractivity contribution in [3.8, 4) is 0 Å². The van der Waals surface area contributed by atoms with Crippen molar-refractivity contribution in [3.63, 3.8) is 0 Å². The van der Waals surface area contributed by atoms with Crippen molar-refractivity contribution in [1.82, 2.24) is 15.4 Å². The molecule has 146 valence electrons. The topological polar surface area (TPSA) is 87.3 Å². The summed E-state index contributed by atoms with van der Waals surface area (Å²) in [6, 6.07) is 6.51. The SMILES string of the molecule is CNS(=O)(=O)c1ccc(C(C)NC(=O)[C@@]23CCCC[C@H]2CNC3)cc1.Cl. The molecule has 0 spiro atoms. The van der Waals surface area contributed by atoms with E-state index in [4.69, 9.17) is 0 Å². The largest absolute Gasteiger partial charge is 0.349 e. The van der Waals surface area contributed by atoms with E-state index in [0.29, 0.717) is 5.92 Å². The molecule has 3 N–H and O–H groups in total. The van der Waals surface area contributed by atoms with Gasteiger partial charge < -0.3 is 10.6 Å². The van der Waals surface area contributed by atoms with Crippen molar-refractivity contribution in [2.75, 3.05) is 20.1 Å². The molecule has 1 heterocycles. The summed E-state index contributed by atoms with van der Waals surface area (Å²) in [4.78, 5) is 13.2. The molecule has 2 fully saturated rings. The summed E-state index contributed by atoms with van der Waals surface area (Å²) in [5.41, 5.74) is 0.625. The number of benzene rings is 1. The number of nitrogens with one attached hydrogen (secondary N) is 3. The van der Waals surface area contributed by atoms with Crippen LogP contribution < -0.4 is 15.4 Å². The number of rotatable bonds is 5. The number of carbonyl (C=O) groups is 1. The molecule has 6 nitrogen and oxygen atoms in total. The summed E-state index contributed by atoms with van der Waals surface area (Å²) >= 11 is 0. The molecule has 2 aliphatic rings. The fraction of sp³-hybridized carbons (Fsp3) is 0.611. The van der Waals surface area contributed by atoms with E-state index >= 15 is 0 Å². The molecule has 1 saturated carbocycles. The molecule has 1 amide bonds. The molecule has 0 radical (unpaired) electrons. The van der Waals surface area contributed by atoms with Crippen LogP contribution in [0, 0.1) is 11.3 Å². The van der Waals surface area contributed by atoms with Gasteiger partial charge in [0.25, 0.3) is 0 Å². The maximum absolute atomic E-state index is 13.0. The van der Waals surface area contributed by atoms with Gasteiger partial charge in [0.15, 0.2) is 0 Å². The van der Waals surface area contributed by atoms with E-state index < -0.39 is 10.0 Å². The molecule has 8 heteroatoms. The average Bonchev–Trinajstić information content (AvgIpc) is 3.07. The monoisotopic (exact) mass is 401 g/mol. The van der Waals surface area contributed by atoms with Gasteiger partial charge in [-0.05, 0) is 57.0 Å². The lowest BCUT2D eigenvalue weighted by Crippen LogP contribution is -2.48. The van der Waals surface area contributed by atoms with Crippen LogP contribution in [0.15, 0.2) is 29.2 Å². The Morgan fingerprint density at radius 1 is 1.27 bits per heavy atom. The Hall–Kier alpha value is -1.15. The van der Waals surface area contributed by atoms with Crippen molar-refractivity contribution in [2.45, 2.75) is 43.5 Å². The van der Waals surface area contributed by atoms with Gasteiger partial charge in [-0.15, -0.1) is 12.4 Å². The van der Waals surface area contributed by atoms with Gasteiger partial charge in [-0.1, -0.05) is 25.0 Å². The molecule has 0 bridgehead atoms. The first kappa shape index (κ1) is 21.2. The predicted molar refractivity (Wildman–Crippen MR) is 104 cm³/mol. The zero-order chi connectivity index (χ0) is 18.1. The van der Waals surface area contributed by atoms with Crippen molar-refractivity contribution < 1.29 is 13.2 Å². The molecule has 1 aromatic rings. The zero-order valence-electron chi connectivity index (χ0n) is 15.2. The van der Waals surface area contributed by atoms with E-state index in [-0.39, 0.29) is 34.7 Å². The minimum atomic E-state index is -3.44. The molecular formula is C18H28ClN3O3S. The summed E-state index contributed by atoms with van der Waals surface area (Å²) in [6.07, 6.45) is 4.38. The summed E-state index contributed by atoms with van der Waals surface area (Å²) in [5, 5.41) is 6.55. The van der Waals surface area contributed by atoms with E-state index in [2.05, 4.69) is 15.4 Å². The number of halogens is 1. The minimum Gasteiger partial charge on any atom is -0.349 e. The van der Waals surface area contributed by atoms with Crippen LogP contribution in [-0.2, 0) is 14.8 Å². The first-order valence-corrected chi connectivity index (χ1v) is 10.4. The van der Waals surface area contributed by atoms with Crippen molar-refractivity contribution in [1.29, 1.82) is 0 Å². The molecule has 1 unspecified atom stereocenters. The summed E-state index contributed by atoms with van der Waals surface area (Å²) in [7, 11) is -2.05. The Labute approximate surface area is 162 Å². The second kappa shape index (κ2) is 8.25. The van der Waals surface area contributed by atoms with Gasteiger partial charge in [0.05, 0.1) is 16.4 Å². The third-order valence-corrected chi connectivity index (χ3v) is 7.23. The molecule has 3 rings (SSSR count). The Morgan fingerprint density at radius 2 is 1.96 bits per heavy atom. The third-order valence-electron chi connectivity index (χ3n) is 5.80. The number of amides is 1. The van der Waals surface area contributed by atoms with E-state index in [9.17, 15) is 13.2 Å². The van der Waals surface area contributed by atoms with E-state index in [0.717, 1.165) is 37.9 Å². The van der Waals surface area contributed by atoms with Crippen LogP contribution in [-0.4, -0.2) is 34.5 Å². The standard InChI is InChI=1S/C18H27N3O3S.ClH/c1-13(14-6-8-16(9-7-14)25(23,24)19-2)21-17(22)18-10-4-3-5-15(18)11-20-12-18;/h6-9,13,15,19-20H,3-5,10-12H2,1-2H3,(H,21,22);1H/t13?,15-,18+;/m0./s1. The number of hydrogen-bond donors (Lipinski definition) is 3. The van der Waals surface area contributed by atoms with Crippen LogP contribution in [0.5, 0.6) is 0 Å². The van der Waals surface area contributed by atoms with Crippen molar-refractivity contribution in [3.05, 3.63) is 29.8 Å². The first-order chi connectivity index (χ1) is 11.9. The highest BCUT2D eigenvalue weighted by molar-refractivity contribution is 7.89. The lowest BCUT2D eigenvalue weighted by Gasteiger charge is -2.38. The van der Waals surface area contributed by atoms with Gasteiger partial charge in [0, 0.05) is 6.54 Å².